The van der Waals surface area contributed by atoms with Crippen LogP contribution in [0.2, 0.25) is 0 Å². The van der Waals surface area contributed by atoms with Crippen LogP contribution in [-0.4, -0.2) is 52.9 Å². The third-order valence-electron chi connectivity index (χ3n) is 3.72. The molecule has 0 saturated carbocycles. The van der Waals surface area contributed by atoms with Crippen molar-refractivity contribution in [2.24, 2.45) is 5.73 Å². The van der Waals surface area contributed by atoms with Gasteiger partial charge in [-0.3, -0.25) is 9.69 Å². The van der Waals surface area contributed by atoms with E-state index >= 15 is 0 Å². The summed E-state index contributed by atoms with van der Waals surface area (Å²) in [5, 5.41) is 0. The second kappa shape index (κ2) is 6.44. The highest BCUT2D eigenvalue weighted by atomic mass is 32.1. The lowest BCUT2D eigenvalue weighted by molar-refractivity contribution is 0.0617. The first-order chi connectivity index (χ1) is 9.90. The molecule has 0 radical (unpaired) electrons. The normalized spacial score (nSPS) is 17.6. The van der Waals surface area contributed by atoms with Crippen molar-refractivity contribution in [3.8, 4) is 0 Å². The van der Waals surface area contributed by atoms with Gasteiger partial charge in [0.05, 0.1) is 16.6 Å². The lowest BCUT2D eigenvalue weighted by atomic mass is 10.1. The topological polar surface area (TPSA) is 49.6 Å². The number of piperazine rings is 1. The Balaban J connectivity index is 2.02. The van der Waals surface area contributed by atoms with E-state index in [0.717, 1.165) is 12.1 Å². The molecule has 2 N–H and O–H groups in total. The molecule has 114 valence electrons. The molecule has 0 aliphatic carbocycles. The number of carbonyl (C=O) groups excluding carboxylic acids is 1. The summed E-state index contributed by atoms with van der Waals surface area (Å²) in [7, 11) is 0. The van der Waals surface area contributed by atoms with E-state index in [-0.39, 0.29) is 11.6 Å². The van der Waals surface area contributed by atoms with Crippen molar-refractivity contribution in [3.63, 3.8) is 0 Å². The van der Waals surface area contributed by atoms with Crippen molar-refractivity contribution in [1.82, 2.24) is 9.80 Å². The van der Waals surface area contributed by atoms with Crippen LogP contribution in [0.25, 0.3) is 0 Å². The molecule has 1 unspecified atom stereocenters. The smallest absolute Gasteiger partial charge is 0.256 e. The van der Waals surface area contributed by atoms with E-state index in [2.05, 4.69) is 4.90 Å². The lowest BCUT2D eigenvalue weighted by Crippen LogP contribution is -2.54. The number of nitrogens with zero attached hydrogens (tertiary/aromatic N) is 2. The van der Waals surface area contributed by atoms with Gasteiger partial charge in [0.15, 0.2) is 0 Å². The van der Waals surface area contributed by atoms with Gasteiger partial charge in [0.25, 0.3) is 5.91 Å². The van der Waals surface area contributed by atoms with E-state index in [9.17, 15) is 13.6 Å². The van der Waals surface area contributed by atoms with E-state index < -0.39 is 17.5 Å². The summed E-state index contributed by atoms with van der Waals surface area (Å²) in [5.74, 6) is -1.95. The zero-order chi connectivity index (χ0) is 15.6. The average molecular weight is 313 g/mol. The molecule has 1 amide bonds. The number of benzene rings is 1. The first-order valence-electron chi connectivity index (χ1n) is 6.68. The molecule has 21 heavy (non-hydrogen) atoms. The molecule has 1 aliphatic heterocycles. The van der Waals surface area contributed by atoms with Gasteiger partial charge in [0.1, 0.15) is 11.6 Å². The number of amides is 1. The van der Waals surface area contributed by atoms with Gasteiger partial charge in [-0.1, -0.05) is 12.2 Å². The molecular weight excluding hydrogens is 296 g/mol. The minimum atomic E-state index is -0.834. The van der Waals surface area contributed by atoms with Crippen LogP contribution >= 0.6 is 12.2 Å². The molecule has 4 nitrogen and oxygen atoms in total. The van der Waals surface area contributed by atoms with Crippen LogP contribution in [-0.2, 0) is 0 Å². The van der Waals surface area contributed by atoms with Gasteiger partial charge in [-0.25, -0.2) is 8.78 Å². The largest absolute Gasteiger partial charge is 0.392 e. The van der Waals surface area contributed by atoms with Gasteiger partial charge < -0.3 is 10.6 Å². The molecule has 7 heteroatoms. The van der Waals surface area contributed by atoms with E-state index in [4.69, 9.17) is 18.0 Å². The van der Waals surface area contributed by atoms with Crippen molar-refractivity contribution in [1.29, 1.82) is 0 Å². The molecule has 0 bridgehead atoms. The molecule has 1 aromatic carbocycles. The van der Waals surface area contributed by atoms with Crippen LogP contribution in [0.1, 0.15) is 17.3 Å². The van der Waals surface area contributed by atoms with Crippen LogP contribution < -0.4 is 5.73 Å². The van der Waals surface area contributed by atoms with Crippen LogP contribution in [0, 0.1) is 11.6 Å². The highest BCUT2D eigenvalue weighted by Crippen LogP contribution is 2.15. The zero-order valence-corrected chi connectivity index (χ0v) is 12.5. The molecule has 0 aromatic heterocycles. The van der Waals surface area contributed by atoms with E-state index in [1.165, 1.54) is 6.07 Å². The minimum absolute atomic E-state index is 0.0280. The zero-order valence-electron chi connectivity index (χ0n) is 11.7. The number of rotatable bonds is 3. The SMILES string of the molecule is CC(C(N)=S)N1CCN(C(=O)c2ccc(F)cc2F)CC1. The number of hydrogen-bond donors (Lipinski definition) is 1. The summed E-state index contributed by atoms with van der Waals surface area (Å²) in [6.45, 7) is 4.07. The number of nitrogens with two attached hydrogens (primary N) is 1. The third kappa shape index (κ3) is 3.54. The van der Waals surface area contributed by atoms with Crippen molar-refractivity contribution < 1.29 is 13.6 Å². The summed E-state index contributed by atoms with van der Waals surface area (Å²) in [6.07, 6.45) is 0. The Morgan fingerprint density at radius 1 is 1.29 bits per heavy atom. The van der Waals surface area contributed by atoms with Crippen LogP contribution in [0.5, 0.6) is 0 Å². The fourth-order valence-electron chi connectivity index (χ4n) is 2.33. The van der Waals surface area contributed by atoms with Crippen molar-refractivity contribution in [2.75, 3.05) is 26.2 Å². The van der Waals surface area contributed by atoms with Gasteiger partial charge >= 0.3 is 0 Å². The van der Waals surface area contributed by atoms with Crippen LogP contribution in [0.15, 0.2) is 18.2 Å². The molecule has 1 aliphatic rings. The lowest BCUT2D eigenvalue weighted by Gasteiger charge is -2.37. The molecule has 1 saturated heterocycles. The van der Waals surface area contributed by atoms with Crippen molar-refractivity contribution >= 4 is 23.1 Å². The fraction of sp³-hybridized carbons (Fsp3) is 0.429. The Morgan fingerprint density at radius 3 is 2.43 bits per heavy atom. The van der Waals surface area contributed by atoms with E-state index in [0.29, 0.717) is 31.2 Å². The molecule has 1 atom stereocenters. The number of thiocarbonyl (C=S) groups is 1. The Hall–Kier alpha value is -1.60. The second-order valence-electron chi connectivity index (χ2n) is 5.03. The Bertz CT molecular complexity index is 559. The highest BCUT2D eigenvalue weighted by molar-refractivity contribution is 7.80. The molecule has 1 heterocycles. The van der Waals surface area contributed by atoms with Gasteiger partial charge in [-0.15, -0.1) is 0 Å². The molecule has 2 rings (SSSR count). The Kier molecular flexibility index (Phi) is 4.84. The number of carbonyl (C=O) groups is 1. The predicted octanol–water partition coefficient (Wildman–Crippen LogP) is 1.40. The summed E-state index contributed by atoms with van der Waals surface area (Å²) in [4.78, 5) is 16.3. The van der Waals surface area contributed by atoms with Gasteiger partial charge in [0, 0.05) is 32.2 Å². The Labute approximate surface area is 127 Å². The fourth-order valence-corrected chi connectivity index (χ4v) is 2.47. The Morgan fingerprint density at radius 2 is 1.90 bits per heavy atom. The summed E-state index contributed by atoms with van der Waals surface area (Å²) in [5.41, 5.74) is 5.51. The number of halogens is 2. The molecular formula is C14H17F2N3OS. The van der Waals surface area contributed by atoms with Gasteiger partial charge in [-0.2, -0.15) is 0 Å². The van der Waals surface area contributed by atoms with Crippen molar-refractivity contribution in [2.45, 2.75) is 13.0 Å². The first kappa shape index (κ1) is 15.8. The van der Waals surface area contributed by atoms with E-state index in [1.807, 2.05) is 6.92 Å². The maximum atomic E-state index is 13.6. The highest BCUT2D eigenvalue weighted by Gasteiger charge is 2.26. The van der Waals surface area contributed by atoms with Crippen molar-refractivity contribution in [3.05, 3.63) is 35.4 Å². The quantitative estimate of drug-likeness (QED) is 0.857. The van der Waals surface area contributed by atoms with Crippen LogP contribution in [0.3, 0.4) is 0 Å². The van der Waals surface area contributed by atoms with Crippen LogP contribution in [0.4, 0.5) is 8.78 Å². The minimum Gasteiger partial charge on any atom is -0.392 e. The first-order valence-corrected chi connectivity index (χ1v) is 7.08. The maximum absolute atomic E-state index is 13.6. The molecule has 1 aromatic rings. The third-order valence-corrected chi connectivity index (χ3v) is 4.06. The number of hydrogen-bond acceptors (Lipinski definition) is 3. The predicted molar refractivity (Wildman–Crippen MR) is 80.1 cm³/mol. The summed E-state index contributed by atoms with van der Waals surface area (Å²) in [6, 6.07) is 2.96. The van der Waals surface area contributed by atoms with Gasteiger partial charge in [0.2, 0.25) is 0 Å². The standard InChI is InChI=1S/C14H17F2N3OS/c1-9(13(17)21)18-4-6-19(7-5-18)14(20)11-3-2-10(15)8-12(11)16/h2-3,8-9H,4-7H2,1H3,(H2,17,21). The second-order valence-corrected chi connectivity index (χ2v) is 5.50. The molecule has 1 fully saturated rings. The maximum Gasteiger partial charge on any atom is 0.256 e. The summed E-state index contributed by atoms with van der Waals surface area (Å²) >= 11 is 4.96. The van der Waals surface area contributed by atoms with Gasteiger partial charge in [-0.05, 0) is 19.1 Å². The average Bonchev–Trinajstić information content (AvgIpc) is 2.46. The summed E-state index contributed by atoms with van der Waals surface area (Å²) < 4.78 is 26.5. The van der Waals surface area contributed by atoms with E-state index in [1.54, 1.807) is 4.90 Å². The molecule has 0 spiro atoms. The monoisotopic (exact) mass is 313 g/mol.